The third-order valence-corrected chi connectivity index (χ3v) is 2.13. The van der Waals surface area contributed by atoms with Gasteiger partial charge in [0.25, 0.3) is 0 Å². The molecule has 1 atom stereocenters. The second kappa shape index (κ2) is 6.66. The Labute approximate surface area is 71.1 Å². The number of rotatable bonds is 6. The summed E-state index contributed by atoms with van der Waals surface area (Å²) in [5, 5.41) is 0. The summed E-state index contributed by atoms with van der Waals surface area (Å²) in [7, 11) is 1.79. The molecule has 0 rings (SSSR count). The highest BCUT2D eigenvalue weighted by atomic mass is 16.5. The van der Waals surface area contributed by atoms with E-state index >= 15 is 0 Å². The fraction of sp³-hybridized carbons (Fsp3) is 1.00. The van der Waals surface area contributed by atoms with Gasteiger partial charge in [-0.05, 0) is 18.3 Å². The van der Waals surface area contributed by atoms with Crippen molar-refractivity contribution in [3.05, 3.63) is 0 Å². The van der Waals surface area contributed by atoms with Gasteiger partial charge in [-0.25, -0.2) is 0 Å². The molecule has 11 heavy (non-hydrogen) atoms. The lowest BCUT2D eigenvalue weighted by Gasteiger charge is -2.14. The number of hydrogen-bond donors (Lipinski definition) is 0. The monoisotopic (exact) mass is 158 g/mol. The van der Waals surface area contributed by atoms with E-state index in [9.17, 15) is 0 Å². The molecule has 0 fully saturated rings. The molecule has 0 aliphatic heterocycles. The highest BCUT2D eigenvalue weighted by molar-refractivity contribution is 4.57. The maximum Gasteiger partial charge on any atom is 0.0490 e. The van der Waals surface area contributed by atoms with Crippen LogP contribution in [0.5, 0.6) is 0 Å². The SMILES string of the molecule is CCC(CCC(C)C)COC. The van der Waals surface area contributed by atoms with Crippen LogP contribution in [0.2, 0.25) is 0 Å². The van der Waals surface area contributed by atoms with Crippen LogP contribution in [-0.4, -0.2) is 13.7 Å². The predicted octanol–water partition coefficient (Wildman–Crippen LogP) is 3.10. The van der Waals surface area contributed by atoms with E-state index in [1.54, 1.807) is 7.11 Å². The van der Waals surface area contributed by atoms with Gasteiger partial charge in [0.2, 0.25) is 0 Å². The summed E-state index contributed by atoms with van der Waals surface area (Å²) in [4.78, 5) is 0. The third kappa shape index (κ3) is 6.36. The molecule has 1 unspecified atom stereocenters. The lowest BCUT2D eigenvalue weighted by Crippen LogP contribution is -2.07. The summed E-state index contributed by atoms with van der Waals surface area (Å²) in [5.74, 6) is 1.61. The molecule has 0 aliphatic carbocycles. The first-order chi connectivity index (χ1) is 5.20. The highest BCUT2D eigenvalue weighted by Crippen LogP contribution is 2.15. The maximum absolute atomic E-state index is 5.13. The van der Waals surface area contributed by atoms with Crippen LogP contribution in [0.1, 0.15) is 40.0 Å². The van der Waals surface area contributed by atoms with Gasteiger partial charge >= 0.3 is 0 Å². The Morgan fingerprint density at radius 1 is 1.18 bits per heavy atom. The number of ether oxygens (including phenoxy) is 1. The average Bonchev–Trinajstić information content (AvgIpc) is 1.97. The Kier molecular flexibility index (Phi) is 6.63. The van der Waals surface area contributed by atoms with Gasteiger partial charge in [-0.2, -0.15) is 0 Å². The molecule has 1 nitrogen and oxygen atoms in total. The Morgan fingerprint density at radius 3 is 2.18 bits per heavy atom. The molecule has 0 amide bonds. The van der Waals surface area contributed by atoms with Gasteiger partial charge in [-0.3, -0.25) is 0 Å². The molecular formula is C10H22O. The lowest BCUT2D eigenvalue weighted by molar-refractivity contribution is 0.142. The summed E-state index contributed by atoms with van der Waals surface area (Å²) in [5.41, 5.74) is 0. The van der Waals surface area contributed by atoms with Crippen LogP contribution in [-0.2, 0) is 4.74 Å². The van der Waals surface area contributed by atoms with Crippen molar-refractivity contribution in [1.29, 1.82) is 0 Å². The van der Waals surface area contributed by atoms with Gasteiger partial charge in [0, 0.05) is 13.7 Å². The summed E-state index contributed by atoms with van der Waals surface area (Å²) in [6.07, 6.45) is 3.91. The van der Waals surface area contributed by atoms with Crippen LogP contribution in [0.3, 0.4) is 0 Å². The van der Waals surface area contributed by atoms with E-state index < -0.39 is 0 Å². The van der Waals surface area contributed by atoms with Crippen molar-refractivity contribution >= 4 is 0 Å². The quantitative estimate of drug-likeness (QED) is 0.577. The first-order valence-electron chi connectivity index (χ1n) is 4.69. The minimum Gasteiger partial charge on any atom is -0.384 e. The molecule has 0 aliphatic rings. The van der Waals surface area contributed by atoms with Crippen molar-refractivity contribution in [1.82, 2.24) is 0 Å². The molecule has 0 aromatic heterocycles. The summed E-state index contributed by atoms with van der Waals surface area (Å²) in [6.45, 7) is 7.73. The highest BCUT2D eigenvalue weighted by Gasteiger charge is 2.05. The maximum atomic E-state index is 5.13. The molecule has 0 saturated carbocycles. The average molecular weight is 158 g/mol. The minimum atomic E-state index is 0.780. The van der Waals surface area contributed by atoms with Crippen LogP contribution in [0.15, 0.2) is 0 Å². The summed E-state index contributed by atoms with van der Waals surface area (Å²) >= 11 is 0. The Hall–Kier alpha value is -0.0400. The molecule has 0 N–H and O–H groups in total. The molecular weight excluding hydrogens is 136 g/mol. The molecule has 1 heteroatoms. The van der Waals surface area contributed by atoms with Crippen LogP contribution >= 0.6 is 0 Å². The molecule has 0 saturated heterocycles. The summed E-state index contributed by atoms with van der Waals surface area (Å²) < 4.78 is 5.13. The summed E-state index contributed by atoms with van der Waals surface area (Å²) in [6, 6.07) is 0. The predicted molar refractivity (Wildman–Crippen MR) is 49.7 cm³/mol. The first-order valence-corrected chi connectivity index (χ1v) is 4.69. The van der Waals surface area contributed by atoms with Crippen molar-refractivity contribution < 1.29 is 4.74 Å². The van der Waals surface area contributed by atoms with Gasteiger partial charge in [0.1, 0.15) is 0 Å². The van der Waals surface area contributed by atoms with Crippen LogP contribution in [0.4, 0.5) is 0 Å². The van der Waals surface area contributed by atoms with E-state index in [0.717, 1.165) is 18.4 Å². The second-order valence-corrected chi connectivity index (χ2v) is 3.70. The zero-order valence-corrected chi connectivity index (χ0v) is 8.39. The molecule has 0 bridgehead atoms. The van der Waals surface area contributed by atoms with Crippen LogP contribution in [0, 0.1) is 11.8 Å². The zero-order chi connectivity index (χ0) is 8.69. The van der Waals surface area contributed by atoms with Gasteiger partial charge in [0.05, 0.1) is 0 Å². The smallest absolute Gasteiger partial charge is 0.0490 e. The van der Waals surface area contributed by atoms with Gasteiger partial charge < -0.3 is 4.74 Å². The van der Waals surface area contributed by atoms with E-state index in [1.807, 2.05) is 0 Å². The molecule has 0 aromatic carbocycles. The van der Waals surface area contributed by atoms with Gasteiger partial charge in [-0.15, -0.1) is 0 Å². The van der Waals surface area contributed by atoms with Gasteiger partial charge in [-0.1, -0.05) is 33.6 Å². The molecule has 0 radical (unpaired) electrons. The van der Waals surface area contributed by atoms with E-state index in [4.69, 9.17) is 4.74 Å². The van der Waals surface area contributed by atoms with E-state index in [-0.39, 0.29) is 0 Å². The Morgan fingerprint density at radius 2 is 1.82 bits per heavy atom. The third-order valence-electron chi connectivity index (χ3n) is 2.13. The molecule has 0 heterocycles. The van der Waals surface area contributed by atoms with Crippen LogP contribution in [0.25, 0.3) is 0 Å². The van der Waals surface area contributed by atoms with E-state index in [2.05, 4.69) is 20.8 Å². The lowest BCUT2D eigenvalue weighted by atomic mass is 9.96. The van der Waals surface area contributed by atoms with Crippen molar-refractivity contribution in [3.8, 4) is 0 Å². The Bertz CT molecular complexity index is 78.9. The molecule has 0 spiro atoms. The van der Waals surface area contributed by atoms with Gasteiger partial charge in [0.15, 0.2) is 0 Å². The molecule has 68 valence electrons. The van der Waals surface area contributed by atoms with E-state index in [0.29, 0.717) is 0 Å². The first kappa shape index (κ1) is 11.0. The largest absolute Gasteiger partial charge is 0.384 e. The number of hydrogen-bond acceptors (Lipinski definition) is 1. The topological polar surface area (TPSA) is 9.23 Å². The Balaban J connectivity index is 3.35. The molecule has 0 aromatic rings. The van der Waals surface area contributed by atoms with E-state index in [1.165, 1.54) is 19.3 Å². The second-order valence-electron chi connectivity index (χ2n) is 3.70. The van der Waals surface area contributed by atoms with Crippen molar-refractivity contribution in [2.24, 2.45) is 11.8 Å². The zero-order valence-electron chi connectivity index (χ0n) is 8.39. The fourth-order valence-corrected chi connectivity index (χ4v) is 1.21. The normalized spacial score (nSPS) is 13.9. The van der Waals surface area contributed by atoms with Crippen molar-refractivity contribution in [3.63, 3.8) is 0 Å². The van der Waals surface area contributed by atoms with Crippen LogP contribution < -0.4 is 0 Å². The minimum absolute atomic E-state index is 0.780. The number of methoxy groups -OCH3 is 1. The van der Waals surface area contributed by atoms with Crippen molar-refractivity contribution in [2.75, 3.05) is 13.7 Å². The van der Waals surface area contributed by atoms with Crippen molar-refractivity contribution in [2.45, 2.75) is 40.0 Å². The fourth-order valence-electron chi connectivity index (χ4n) is 1.21. The standard InChI is InChI=1S/C10H22O/c1-5-10(8-11-4)7-6-9(2)3/h9-10H,5-8H2,1-4H3.